The Morgan fingerprint density at radius 1 is 1.75 bits per heavy atom. The van der Waals surface area contributed by atoms with Crippen molar-refractivity contribution in [2.24, 2.45) is 10.9 Å². The van der Waals surface area contributed by atoms with E-state index in [4.69, 9.17) is 21.6 Å². The lowest BCUT2D eigenvalue weighted by atomic mass is 10.6. The zero-order valence-electron chi connectivity index (χ0n) is 3.92. The molecular weight excluding hydrogens is 112 g/mol. The molecule has 0 aliphatic carbocycles. The number of hydroxylamine groups is 1. The quantitative estimate of drug-likeness (QED) is 0.117. The third-order valence-electron chi connectivity index (χ3n) is 0.461. The molecule has 6 heteroatoms. The standard InChI is InChI=1S/C2H6N4O2/c3-1(4)2(5-7)6-8/h7-8H,(H3,3,4)(H,5,6). The first-order valence-corrected chi connectivity index (χ1v) is 1.69. The maximum atomic E-state index is 7.93. The van der Waals surface area contributed by atoms with Crippen LogP contribution in [-0.2, 0) is 0 Å². The van der Waals surface area contributed by atoms with Crippen molar-refractivity contribution >= 4 is 11.7 Å². The lowest BCUT2D eigenvalue weighted by molar-refractivity contribution is 0.225. The van der Waals surface area contributed by atoms with Crippen LogP contribution in [0.4, 0.5) is 0 Å². The Kier molecular flexibility index (Phi) is 2.35. The third-order valence-corrected chi connectivity index (χ3v) is 0.461. The number of rotatable bonds is 0. The van der Waals surface area contributed by atoms with Gasteiger partial charge in [0.05, 0.1) is 0 Å². The number of nitrogens with one attached hydrogen (secondary N) is 2. The van der Waals surface area contributed by atoms with Crippen LogP contribution in [0.5, 0.6) is 0 Å². The van der Waals surface area contributed by atoms with Crippen molar-refractivity contribution in [3.05, 3.63) is 0 Å². The molecule has 0 saturated heterocycles. The molecule has 6 N–H and O–H groups in total. The summed E-state index contributed by atoms with van der Waals surface area (Å²) in [5.41, 5.74) is 6.13. The average Bonchev–Trinajstić information content (AvgIpc) is 1.69. The van der Waals surface area contributed by atoms with Gasteiger partial charge in [0.25, 0.3) is 0 Å². The SMILES string of the molecule is N=C(N)/C(=N\O)NO. The second-order valence-electron chi connectivity index (χ2n) is 0.974. The van der Waals surface area contributed by atoms with E-state index in [1.807, 2.05) is 0 Å². The van der Waals surface area contributed by atoms with Crippen molar-refractivity contribution in [3.8, 4) is 0 Å². The van der Waals surface area contributed by atoms with E-state index in [1.54, 1.807) is 0 Å². The molecule has 8 heavy (non-hydrogen) atoms. The predicted octanol–water partition coefficient (Wildman–Crippen LogP) is -1.31. The molecule has 0 spiro atoms. The van der Waals surface area contributed by atoms with E-state index >= 15 is 0 Å². The summed E-state index contributed by atoms with van der Waals surface area (Å²) in [7, 11) is 0. The first kappa shape index (κ1) is 6.70. The Morgan fingerprint density at radius 2 is 2.25 bits per heavy atom. The summed E-state index contributed by atoms with van der Waals surface area (Å²) in [5.74, 6) is -1.000. The molecule has 0 amide bonds. The molecule has 0 aromatic heterocycles. The lowest BCUT2D eigenvalue weighted by Crippen LogP contribution is -2.33. The number of oxime groups is 1. The molecule has 0 fully saturated rings. The van der Waals surface area contributed by atoms with E-state index in [0.717, 1.165) is 0 Å². The summed E-state index contributed by atoms with van der Waals surface area (Å²) in [6.07, 6.45) is 0. The summed E-state index contributed by atoms with van der Waals surface area (Å²) >= 11 is 0. The molecule has 46 valence electrons. The van der Waals surface area contributed by atoms with Gasteiger partial charge in [-0.1, -0.05) is 5.16 Å². The average molecular weight is 118 g/mol. The van der Waals surface area contributed by atoms with Gasteiger partial charge in [0, 0.05) is 0 Å². The largest absolute Gasteiger partial charge is 0.409 e. The second kappa shape index (κ2) is 2.80. The molecule has 0 bridgehead atoms. The summed E-state index contributed by atoms with van der Waals surface area (Å²) in [6, 6.07) is 0. The van der Waals surface area contributed by atoms with E-state index in [9.17, 15) is 0 Å². The molecule has 0 saturated carbocycles. The van der Waals surface area contributed by atoms with Crippen LogP contribution in [0.15, 0.2) is 5.16 Å². The maximum Gasteiger partial charge on any atom is 0.230 e. The van der Waals surface area contributed by atoms with Gasteiger partial charge >= 0.3 is 0 Å². The minimum absolute atomic E-state index is 0.468. The summed E-state index contributed by atoms with van der Waals surface area (Å²) in [5, 5.41) is 24.7. The highest BCUT2D eigenvalue weighted by Gasteiger charge is 1.97. The summed E-state index contributed by atoms with van der Waals surface area (Å²) in [6.45, 7) is 0. The van der Waals surface area contributed by atoms with Crippen LogP contribution < -0.4 is 11.2 Å². The molecule has 0 aromatic carbocycles. The van der Waals surface area contributed by atoms with Crippen LogP contribution >= 0.6 is 0 Å². The smallest absolute Gasteiger partial charge is 0.230 e. The van der Waals surface area contributed by atoms with Gasteiger partial charge < -0.3 is 10.9 Å². The number of nitrogens with two attached hydrogens (primary N) is 1. The fraction of sp³-hybridized carbons (Fsp3) is 0. The van der Waals surface area contributed by atoms with Crippen LogP contribution in [0.3, 0.4) is 0 Å². The van der Waals surface area contributed by atoms with E-state index in [0.29, 0.717) is 0 Å². The molecule has 0 atom stereocenters. The highest BCUT2D eigenvalue weighted by atomic mass is 16.5. The molecule has 0 heterocycles. The number of amidine groups is 2. The molecule has 0 rings (SSSR count). The Bertz CT molecular complexity index is 119. The van der Waals surface area contributed by atoms with Crippen molar-refractivity contribution in [2.75, 3.05) is 0 Å². The molecule has 0 radical (unpaired) electrons. The monoisotopic (exact) mass is 118 g/mol. The fourth-order valence-corrected chi connectivity index (χ4v) is 0.136. The molecule has 6 nitrogen and oxygen atoms in total. The molecule has 0 unspecified atom stereocenters. The summed E-state index contributed by atoms with van der Waals surface area (Å²) < 4.78 is 0. The number of nitrogens with zero attached hydrogens (tertiary/aromatic N) is 1. The Balaban J connectivity index is 3.92. The van der Waals surface area contributed by atoms with Crippen molar-refractivity contribution in [1.82, 2.24) is 5.48 Å². The van der Waals surface area contributed by atoms with Crippen LogP contribution in [0.2, 0.25) is 0 Å². The number of hydrogen-bond acceptors (Lipinski definition) is 4. The van der Waals surface area contributed by atoms with E-state index < -0.39 is 11.7 Å². The predicted molar refractivity (Wildman–Crippen MR) is 26.1 cm³/mol. The maximum absolute atomic E-state index is 7.93. The molecule has 0 aliphatic heterocycles. The summed E-state index contributed by atoms with van der Waals surface area (Å²) in [4.78, 5) is 0. The van der Waals surface area contributed by atoms with Gasteiger partial charge in [-0.15, -0.1) is 0 Å². The van der Waals surface area contributed by atoms with Crippen molar-refractivity contribution in [1.29, 1.82) is 5.41 Å². The highest BCUT2D eigenvalue weighted by molar-refractivity contribution is 6.37. The minimum atomic E-state index is -0.532. The zero-order valence-corrected chi connectivity index (χ0v) is 3.92. The van der Waals surface area contributed by atoms with Gasteiger partial charge in [0.1, 0.15) is 0 Å². The highest BCUT2D eigenvalue weighted by Crippen LogP contribution is 1.64. The number of hydrogen-bond donors (Lipinski definition) is 5. The van der Waals surface area contributed by atoms with E-state index in [1.165, 1.54) is 5.48 Å². The third kappa shape index (κ3) is 1.43. The zero-order chi connectivity index (χ0) is 6.57. The van der Waals surface area contributed by atoms with Crippen molar-refractivity contribution in [2.45, 2.75) is 0 Å². The Hall–Kier alpha value is -1.30. The van der Waals surface area contributed by atoms with E-state index in [2.05, 4.69) is 5.16 Å². The second-order valence-corrected chi connectivity index (χ2v) is 0.974. The van der Waals surface area contributed by atoms with Crippen molar-refractivity contribution < 1.29 is 10.4 Å². The topological polar surface area (TPSA) is 115 Å². The van der Waals surface area contributed by atoms with Gasteiger partial charge in [-0.25, -0.2) is 5.48 Å². The minimum Gasteiger partial charge on any atom is -0.409 e. The van der Waals surface area contributed by atoms with Gasteiger partial charge in [0.2, 0.25) is 5.84 Å². The fourth-order valence-electron chi connectivity index (χ4n) is 0.136. The normalized spacial score (nSPS) is 10.9. The van der Waals surface area contributed by atoms with Gasteiger partial charge in [-0.2, -0.15) is 0 Å². The first-order chi connectivity index (χ1) is 3.72. The van der Waals surface area contributed by atoms with E-state index in [-0.39, 0.29) is 0 Å². The van der Waals surface area contributed by atoms with Gasteiger partial charge in [0.15, 0.2) is 5.84 Å². The Morgan fingerprint density at radius 3 is 2.25 bits per heavy atom. The first-order valence-electron chi connectivity index (χ1n) is 1.69. The van der Waals surface area contributed by atoms with Crippen LogP contribution in [0, 0.1) is 5.41 Å². The van der Waals surface area contributed by atoms with Gasteiger partial charge in [-0.05, 0) is 0 Å². The van der Waals surface area contributed by atoms with Crippen LogP contribution in [0.1, 0.15) is 0 Å². The molecule has 0 aliphatic rings. The van der Waals surface area contributed by atoms with Crippen LogP contribution in [-0.4, -0.2) is 22.1 Å². The van der Waals surface area contributed by atoms with Crippen molar-refractivity contribution in [3.63, 3.8) is 0 Å². The lowest BCUT2D eigenvalue weighted by Gasteiger charge is -1.94. The van der Waals surface area contributed by atoms with Gasteiger partial charge in [-0.3, -0.25) is 10.6 Å². The van der Waals surface area contributed by atoms with Crippen LogP contribution in [0.25, 0.3) is 0 Å². The Labute approximate surface area is 45.1 Å². The molecular formula is C2H6N4O2. The molecule has 0 aromatic rings.